The lowest BCUT2D eigenvalue weighted by Gasteiger charge is -2.32. The summed E-state index contributed by atoms with van der Waals surface area (Å²) in [4.78, 5) is 27.8. The summed E-state index contributed by atoms with van der Waals surface area (Å²) >= 11 is 6.00. The van der Waals surface area contributed by atoms with Crippen LogP contribution in [0.25, 0.3) is 0 Å². The summed E-state index contributed by atoms with van der Waals surface area (Å²) in [6.45, 7) is 6.98. The standard InChI is InChI=1S/C23H29ClN2O2/c1-4-8-21(27)26(16-18-11-13-20(24)14-12-18)22(19-9-6-5-7-10-19)23(28)25-15-17(2)3/h5-7,9-14,17,22H,4,8,15-16H2,1-3H3,(H,25,28)/t22-/m0/s1. The van der Waals surface area contributed by atoms with Crippen molar-refractivity contribution in [3.05, 3.63) is 70.7 Å². The molecule has 5 heteroatoms. The first-order valence-corrected chi connectivity index (χ1v) is 10.2. The van der Waals surface area contributed by atoms with E-state index in [0.29, 0.717) is 30.5 Å². The molecule has 0 fully saturated rings. The van der Waals surface area contributed by atoms with E-state index in [2.05, 4.69) is 5.32 Å². The normalized spacial score (nSPS) is 11.9. The predicted molar refractivity (Wildman–Crippen MR) is 114 cm³/mol. The third-order valence-corrected chi connectivity index (χ3v) is 4.66. The van der Waals surface area contributed by atoms with Crippen molar-refractivity contribution in [1.82, 2.24) is 10.2 Å². The van der Waals surface area contributed by atoms with Crippen LogP contribution in [-0.4, -0.2) is 23.3 Å². The van der Waals surface area contributed by atoms with E-state index in [9.17, 15) is 9.59 Å². The van der Waals surface area contributed by atoms with Crippen molar-refractivity contribution in [3.8, 4) is 0 Å². The molecule has 0 radical (unpaired) electrons. The van der Waals surface area contributed by atoms with E-state index in [1.807, 2.05) is 63.2 Å². The van der Waals surface area contributed by atoms with Crippen molar-refractivity contribution in [2.24, 2.45) is 5.92 Å². The van der Waals surface area contributed by atoms with Gasteiger partial charge in [0, 0.05) is 24.5 Å². The Bertz CT molecular complexity index is 760. The number of carbonyl (C=O) groups excluding carboxylic acids is 2. The van der Waals surface area contributed by atoms with Crippen LogP contribution in [0.5, 0.6) is 0 Å². The lowest BCUT2D eigenvalue weighted by Crippen LogP contribution is -2.44. The highest BCUT2D eigenvalue weighted by Crippen LogP contribution is 2.25. The Labute approximate surface area is 172 Å². The lowest BCUT2D eigenvalue weighted by molar-refractivity contribution is -0.141. The van der Waals surface area contributed by atoms with Crippen LogP contribution >= 0.6 is 11.6 Å². The molecule has 2 aromatic rings. The van der Waals surface area contributed by atoms with Gasteiger partial charge in [-0.05, 0) is 35.6 Å². The average molecular weight is 401 g/mol. The maximum atomic E-state index is 13.1. The van der Waals surface area contributed by atoms with Crippen LogP contribution in [0.1, 0.15) is 50.8 Å². The van der Waals surface area contributed by atoms with E-state index in [4.69, 9.17) is 11.6 Å². The van der Waals surface area contributed by atoms with Crippen molar-refractivity contribution < 1.29 is 9.59 Å². The van der Waals surface area contributed by atoms with Gasteiger partial charge in [-0.3, -0.25) is 9.59 Å². The molecule has 0 saturated carbocycles. The molecule has 0 aliphatic rings. The lowest BCUT2D eigenvalue weighted by atomic mass is 10.0. The second-order valence-corrected chi connectivity index (χ2v) is 7.79. The first kappa shape index (κ1) is 22.0. The van der Waals surface area contributed by atoms with Crippen LogP contribution in [0, 0.1) is 5.92 Å². The van der Waals surface area contributed by atoms with Gasteiger partial charge in [-0.15, -0.1) is 0 Å². The Morgan fingerprint density at radius 1 is 1.04 bits per heavy atom. The predicted octanol–water partition coefficient (Wildman–Crippen LogP) is 4.98. The third kappa shape index (κ3) is 6.38. The molecule has 0 bridgehead atoms. The molecule has 1 N–H and O–H groups in total. The SMILES string of the molecule is CCCC(=O)N(Cc1ccc(Cl)cc1)[C@H](C(=O)NCC(C)C)c1ccccc1. The van der Waals surface area contributed by atoms with Gasteiger partial charge < -0.3 is 10.2 Å². The minimum Gasteiger partial charge on any atom is -0.354 e. The molecule has 0 spiro atoms. The zero-order valence-electron chi connectivity index (χ0n) is 16.8. The van der Waals surface area contributed by atoms with E-state index < -0.39 is 6.04 Å². The monoisotopic (exact) mass is 400 g/mol. The molecule has 2 aromatic carbocycles. The van der Waals surface area contributed by atoms with Gasteiger partial charge in [0.05, 0.1) is 0 Å². The summed E-state index contributed by atoms with van der Waals surface area (Å²) in [5, 5.41) is 3.64. The summed E-state index contributed by atoms with van der Waals surface area (Å²) in [5.41, 5.74) is 1.74. The van der Waals surface area contributed by atoms with E-state index in [-0.39, 0.29) is 11.8 Å². The minimum atomic E-state index is -0.672. The van der Waals surface area contributed by atoms with Crippen molar-refractivity contribution in [2.75, 3.05) is 6.54 Å². The zero-order chi connectivity index (χ0) is 20.5. The highest BCUT2D eigenvalue weighted by Gasteiger charge is 2.31. The number of nitrogens with one attached hydrogen (secondary N) is 1. The first-order chi connectivity index (χ1) is 13.4. The van der Waals surface area contributed by atoms with Crippen LogP contribution in [0.4, 0.5) is 0 Å². The molecule has 150 valence electrons. The molecular weight excluding hydrogens is 372 g/mol. The highest BCUT2D eigenvalue weighted by molar-refractivity contribution is 6.30. The fourth-order valence-corrected chi connectivity index (χ4v) is 3.10. The van der Waals surface area contributed by atoms with Gasteiger partial charge in [-0.1, -0.05) is 74.8 Å². The van der Waals surface area contributed by atoms with Gasteiger partial charge in [0.15, 0.2) is 0 Å². The summed E-state index contributed by atoms with van der Waals surface area (Å²) in [6.07, 6.45) is 1.12. The molecule has 2 rings (SSSR count). The molecule has 0 aromatic heterocycles. The van der Waals surface area contributed by atoms with Crippen molar-refractivity contribution >= 4 is 23.4 Å². The Balaban J connectivity index is 2.39. The molecule has 4 nitrogen and oxygen atoms in total. The van der Waals surface area contributed by atoms with Crippen LogP contribution in [0.15, 0.2) is 54.6 Å². The molecule has 0 saturated heterocycles. The molecular formula is C23H29ClN2O2. The quantitative estimate of drug-likeness (QED) is 0.645. The number of hydrogen-bond donors (Lipinski definition) is 1. The number of hydrogen-bond acceptors (Lipinski definition) is 2. The van der Waals surface area contributed by atoms with Crippen LogP contribution < -0.4 is 5.32 Å². The van der Waals surface area contributed by atoms with E-state index in [0.717, 1.165) is 17.5 Å². The van der Waals surface area contributed by atoms with Crippen molar-refractivity contribution in [1.29, 1.82) is 0 Å². The number of halogens is 1. The molecule has 2 amide bonds. The number of benzene rings is 2. The first-order valence-electron chi connectivity index (χ1n) is 9.79. The molecule has 0 aliphatic heterocycles. The summed E-state index contributed by atoms with van der Waals surface area (Å²) in [6, 6.07) is 16.2. The smallest absolute Gasteiger partial charge is 0.247 e. The van der Waals surface area contributed by atoms with Gasteiger partial charge in [-0.25, -0.2) is 0 Å². The average Bonchev–Trinajstić information content (AvgIpc) is 2.68. The number of carbonyl (C=O) groups is 2. The second-order valence-electron chi connectivity index (χ2n) is 7.35. The zero-order valence-corrected chi connectivity index (χ0v) is 17.6. The minimum absolute atomic E-state index is 0.0361. The largest absolute Gasteiger partial charge is 0.354 e. The summed E-state index contributed by atoms with van der Waals surface area (Å²) in [7, 11) is 0. The molecule has 1 atom stereocenters. The van der Waals surface area contributed by atoms with Gasteiger partial charge in [-0.2, -0.15) is 0 Å². The van der Waals surface area contributed by atoms with E-state index in [1.165, 1.54) is 0 Å². The maximum Gasteiger partial charge on any atom is 0.247 e. The Kier molecular flexibility index (Phi) is 8.52. The van der Waals surface area contributed by atoms with E-state index >= 15 is 0 Å². The van der Waals surface area contributed by atoms with Crippen molar-refractivity contribution in [2.45, 2.75) is 46.2 Å². The Morgan fingerprint density at radius 2 is 1.68 bits per heavy atom. The molecule has 0 unspecified atom stereocenters. The topological polar surface area (TPSA) is 49.4 Å². The van der Waals surface area contributed by atoms with Gasteiger partial charge >= 0.3 is 0 Å². The summed E-state index contributed by atoms with van der Waals surface area (Å²) < 4.78 is 0. The van der Waals surface area contributed by atoms with E-state index in [1.54, 1.807) is 17.0 Å². The molecule has 0 aliphatic carbocycles. The fourth-order valence-electron chi connectivity index (χ4n) is 2.98. The molecule has 28 heavy (non-hydrogen) atoms. The van der Waals surface area contributed by atoms with Crippen LogP contribution in [-0.2, 0) is 16.1 Å². The highest BCUT2D eigenvalue weighted by atomic mass is 35.5. The number of nitrogens with zero attached hydrogens (tertiary/aromatic N) is 1. The maximum absolute atomic E-state index is 13.1. The summed E-state index contributed by atoms with van der Waals surface area (Å²) in [5.74, 6) is 0.140. The van der Waals surface area contributed by atoms with Crippen LogP contribution in [0.3, 0.4) is 0 Å². The fraction of sp³-hybridized carbons (Fsp3) is 0.391. The molecule has 0 heterocycles. The second kappa shape index (κ2) is 10.9. The van der Waals surface area contributed by atoms with Crippen molar-refractivity contribution in [3.63, 3.8) is 0 Å². The number of amides is 2. The van der Waals surface area contributed by atoms with Crippen LogP contribution in [0.2, 0.25) is 5.02 Å². The van der Waals surface area contributed by atoms with Gasteiger partial charge in [0.25, 0.3) is 0 Å². The third-order valence-electron chi connectivity index (χ3n) is 4.41. The Morgan fingerprint density at radius 3 is 2.25 bits per heavy atom. The number of rotatable bonds is 9. The Hall–Kier alpha value is -2.33. The van der Waals surface area contributed by atoms with Gasteiger partial charge in [0.2, 0.25) is 11.8 Å². The van der Waals surface area contributed by atoms with Gasteiger partial charge in [0.1, 0.15) is 6.04 Å².